The van der Waals surface area contributed by atoms with E-state index < -0.39 is 21.9 Å². The van der Waals surface area contributed by atoms with Crippen LogP contribution in [0.3, 0.4) is 0 Å². The van der Waals surface area contributed by atoms with E-state index in [0.717, 1.165) is 0 Å². The summed E-state index contributed by atoms with van der Waals surface area (Å²) in [4.78, 5) is 18.4. The van der Waals surface area contributed by atoms with Crippen LogP contribution in [0.15, 0.2) is 71.2 Å². The van der Waals surface area contributed by atoms with Gasteiger partial charge in [-0.2, -0.15) is 4.98 Å². The number of benzene rings is 1. The molecule has 0 saturated carbocycles. The van der Waals surface area contributed by atoms with E-state index in [0.29, 0.717) is 10.4 Å². The molecule has 11 heteroatoms. The van der Waals surface area contributed by atoms with Crippen molar-refractivity contribution in [3.05, 3.63) is 66.3 Å². The molecule has 3 aromatic heterocycles. The lowest BCUT2D eigenvalue weighted by atomic mass is 10.1. The van der Waals surface area contributed by atoms with Crippen LogP contribution in [0.25, 0.3) is 22.1 Å². The van der Waals surface area contributed by atoms with Gasteiger partial charge < -0.3 is 9.84 Å². The van der Waals surface area contributed by atoms with Crippen LogP contribution in [0, 0.1) is 0 Å². The second kappa shape index (κ2) is 9.68. The van der Waals surface area contributed by atoms with Gasteiger partial charge in [0.25, 0.3) is 10.0 Å². The first kappa shape index (κ1) is 24.7. The van der Waals surface area contributed by atoms with Crippen molar-refractivity contribution in [1.29, 1.82) is 0 Å². The molecule has 0 aliphatic heterocycles. The smallest absolute Gasteiger partial charge is 0.265 e. The largest absolute Gasteiger partial charge is 0.448 e. The van der Waals surface area contributed by atoms with Crippen molar-refractivity contribution in [1.82, 2.24) is 19.9 Å². The van der Waals surface area contributed by atoms with Crippen molar-refractivity contribution >= 4 is 27.2 Å². The molecule has 4 rings (SSSR count). The molecule has 4 aromatic rings. The van der Waals surface area contributed by atoms with Crippen molar-refractivity contribution in [3.63, 3.8) is 0 Å². The van der Waals surface area contributed by atoms with Crippen LogP contribution in [-0.2, 0) is 10.0 Å². The third-order valence-electron chi connectivity index (χ3n) is 4.76. The number of nitrogens with zero attached hydrogens (tertiary/aromatic N) is 5. The van der Waals surface area contributed by atoms with E-state index in [1.54, 1.807) is 45.0 Å². The molecule has 3 heterocycles. The number of rotatable bonds is 7. The Morgan fingerprint density at radius 1 is 0.971 bits per heavy atom. The number of sulfonamides is 1. The average Bonchev–Trinajstić information content (AvgIpc) is 3.33. The summed E-state index contributed by atoms with van der Waals surface area (Å²) < 4.78 is 35.0. The molecule has 0 aliphatic carbocycles. The molecular weight excluding hydrogens is 486 g/mol. The first-order chi connectivity index (χ1) is 16.6. The van der Waals surface area contributed by atoms with Crippen molar-refractivity contribution in [3.8, 4) is 28.0 Å². The minimum atomic E-state index is -4.08. The fourth-order valence-corrected chi connectivity index (χ4v) is 6.01. The van der Waals surface area contributed by atoms with E-state index in [-0.39, 0.29) is 28.2 Å². The highest BCUT2D eigenvalue weighted by molar-refractivity contribution is 7.93. The zero-order valence-electron chi connectivity index (χ0n) is 19.7. The number of ether oxygens (including phenoxy) is 1. The van der Waals surface area contributed by atoms with Gasteiger partial charge in [0.1, 0.15) is 0 Å². The van der Waals surface area contributed by atoms with Gasteiger partial charge in [0.15, 0.2) is 17.9 Å². The van der Waals surface area contributed by atoms with E-state index in [1.165, 1.54) is 47.1 Å². The molecule has 1 aromatic carbocycles. The van der Waals surface area contributed by atoms with Crippen LogP contribution >= 0.6 is 11.3 Å². The number of aliphatic hydroxyl groups is 1. The van der Waals surface area contributed by atoms with Crippen molar-refractivity contribution in [2.75, 3.05) is 4.31 Å². The molecular formula is C24H25N5O4S2. The van der Waals surface area contributed by atoms with Gasteiger partial charge in [0, 0.05) is 22.8 Å². The third-order valence-corrected chi connectivity index (χ3v) is 7.71. The van der Waals surface area contributed by atoms with Gasteiger partial charge >= 0.3 is 0 Å². The molecule has 182 valence electrons. The summed E-state index contributed by atoms with van der Waals surface area (Å²) >= 11 is 1.37. The standard InChI is InChI=1S/C24H25N5O4S2/c1-16(30)33-23-19(18-12-8-15-34-18)22(27-21(28-23)20-25-13-9-14-26-20)29(24(2,3)4)35(31,32)17-10-6-5-7-11-17/h5-16,30H,1-4H3. The Kier molecular flexibility index (Phi) is 6.84. The Morgan fingerprint density at radius 3 is 2.23 bits per heavy atom. The van der Waals surface area contributed by atoms with Crippen molar-refractivity contribution < 1.29 is 18.3 Å². The normalized spacial score (nSPS) is 12.8. The van der Waals surface area contributed by atoms with E-state index >= 15 is 0 Å². The van der Waals surface area contributed by atoms with Crippen LogP contribution in [-0.4, -0.2) is 45.3 Å². The molecule has 0 saturated heterocycles. The lowest BCUT2D eigenvalue weighted by Crippen LogP contribution is -2.46. The zero-order chi connectivity index (χ0) is 25.2. The van der Waals surface area contributed by atoms with Crippen LogP contribution in [0.1, 0.15) is 27.7 Å². The van der Waals surface area contributed by atoms with Crippen molar-refractivity contribution in [2.45, 2.75) is 44.4 Å². The highest BCUT2D eigenvalue weighted by Crippen LogP contribution is 2.44. The quantitative estimate of drug-likeness (QED) is 0.363. The molecule has 0 aliphatic rings. The fourth-order valence-electron chi connectivity index (χ4n) is 3.46. The minimum Gasteiger partial charge on any atom is -0.448 e. The summed E-state index contributed by atoms with van der Waals surface area (Å²) in [7, 11) is -4.08. The SMILES string of the molecule is CC(O)Oc1nc(-c2ncccn2)nc(N(C(C)(C)C)S(=O)(=O)c2ccccc2)c1-c1cccs1. The first-order valence-electron chi connectivity index (χ1n) is 10.8. The Balaban J connectivity index is 2.09. The van der Waals surface area contributed by atoms with Crippen LogP contribution in [0.2, 0.25) is 0 Å². The number of aliphatic hydroxyl groups excluding tert-OH is 1. The maximum atomic E-state index is 14.0. The summed E-state index contributed by atoms with van der Waals surface area (Å²) in [6.07, 6.45) is 1.86. The maximum absolute atomic E-state index is 14.0. The topological polar surface area (TPSA) is 118 Å². The molecule has 1 unspecified atom stereocenters. The second-order valence-electron chi connectivity index (χ2n) is 8.57. The van der Waals surface area contributed by atoms with Gasteiger partial charge in [-0.05, 0) is 57.3 Å². The number of hydrogen-bond donors (Lipinski definition) is 1. The second-order valence-corrected chi connectivity index (χ2v) is 11.3. The molecule has 1 atom stereocenters. The summed E-state index contributed by atoms with van der Waals surface area (Å²) in [6, 6.07) is 13.5. The lowest BCUT2D eigenvalue weighted by Gasteiger charge is -2.36. The highest BCUT2D eigenvalue weighted by Gasteiger charge is 2.39. The van der Waals surface area contributed by atoms with Gasteiger partial charge in [-0.25, -0.2) is 27.7 Å². The minimum absolute atomic E-state index is 0.0208. The van der Waals surface area contributed by atoms with E-state index in [4.69, 9.17) is 4.74 Å². The van der Waals surface area contributed by atoms with Crippen LogP contribution in [0.5, 0.6) is 5.88 Å². The molecule has 35 heavy (non-hydrogen) atoms. The Bertz CT molecular complexity index is 1390. The number of aromatic nitrogens is 4. The van der Waals surface area contributed by atoms with Gasteiger partial charge in [0.05, 0.1) is 10.5 Å². The number of hydrogen-bond acceptors (Lipinski definition) is 9. The van der Waals surface area contributed by atoms with Crippen LogP contribution in [0.4, 0.5) is 5.82 Å². The molecule has 0 radical (unpaired) electrons. The maximum Gasteiger partial charge on any atom is 0.265 e. The first-order valence-corrected chi connectivity index (χ1v) is 13.1. The van der Waals surface area contributed by atoms with Gasteiger partial charge in [-0.1, -0.05) is 24.3 Å². The molecule has 1 N–H and O–H groups in total. The number of thiophene rings is 1. The summed E-state index contributed by atoms with van der Waals surface area (Å²) in [5.74, 6) is 0.367. The fraction of sp³-hybridized carbons (Fsp3) is 0.250. The zero-order valence-corrected chi connectivity index (χ0v) is 21.3. The van der Waals surface area contributed by atoms with Crippen molar-refractivity contribution in [2.24, 2.45) is 0 Å². The van der Waals surface area contributed by atoms with Gasteiger partial charge in [-0.3, -0.25) is 0 Å². The Morgan fingerprint density at radius 2 is 1.66 bits per heavy atom. The summed E-state index contributed by atoms with van der Waals surface area (Å²) in [5, 5.41) is 11.9. The predicted molar refractivity (Wildman–Crippen MR) is 135 cm³/mol. The molecule has 0 bridgehead atoms. The van der Waals surface area contributed by atoms with E-state index in [1.807, 2.05) is 17.5 Å². The molecule has 0 amide bonds. The Hall–Kier alpha value is -3.41. The number of anilines is 1. The summed E-state index contributed by atoms with van der Waals surface area (Å²) in [6.45, 7) is 6.78. The van der Waals surface area contributed by atoms with Gasteiger partial charge in [-0.15, -0.1) is 11.3 Å². The third kappa shape index (κ3) is 5.16. The van der Waals surface area contributed by atoms with E-state index in [2.05, 4.69) is 19.9 Å². The highest BCUT2D eigenvalue weighted by atomic mass is 32.2. The predicted octanol–water partition coefficient (Wildman–Crippen LogP) is 4.37. The van der Waals surface area contributed by atoms with E-state index in [9.17, 15) is 13.5 Å². The molecule has 0 spiro atoms. The van der Waals surface area contributed by atoms with Gasteiger partial charge in [0.2, 0.25) is 11.7 Å². The molecule has 0 fully saturated rings. The Labute approximate surface area is 208 Å². The van der Waals surface area contributed by atoms with Crippen LogP contribution < -0.4 is 9.04 Å². The lowest BCUT2D eigenvalue weighted by molar-refractivity contribution is -0.00316. The average molecular weight is 512 g/mol. The molecule has 9 nitrogen and oxygen atoms in total. The summed E-state index contributed by atoms with van der Waals surface area (Å²) in [5.41, 5.74) is -0.596. The monoisotopic (exact) mass is 511 g/mol.